The van der Waals surface area contributed by atoms with Crippen molar-refractivity contribution < 1.29 is 0 Å². The Kier molecular flexibility index (Phi) is 4.57. The first kappa shape index (κ1) is 12.6. The highest BCUT2D eigenvalue weighted by molar-refractivity contribution is 5.03. The molecule has 1 aliphatic carbocycles. The van der Waals surface area contributed by atoms with E-state index in [9.17, 15) is 0 Å². The smallest absolute Gasteiger partial charge is 0.0951 e. The van der Waals surface area contributed by atoms with Crippen molar-refractivity contribution in [2.75, 3.05) is 27.2 Å². The maximum absolute atomic E-state index is 4.24. The van der Waals surface area contributed by atoms with E-state index in [1.807, 2.05) is 12.5 Å². The van der Waals surface area contributed by atoms with Gasteiger partial charge in [-0.25, -0.2) is 4.98 Å². The predicted octanol–water partition coefficient (Wildman–Crippen LogP) is 1.65. The first-order valence-corrected chi connectivity index (χ1v) is 6.63. The van der Waals surface area contributed by atoms with Gasteiger partial charge in [0.2, 0.25) is 0 Å². The molecule has 0 radical (unpaired) electrons. The molecule has 1 aromatic rings. The van der Waals surface area contributed by atoms with Crippen molar-refractivity contribution in [3.8, 4) is 0 Å². The van der Waals surface area contributed by atoms with Crippen molar-refractivity contribution in [2.24, 2.45) is 0 Å². The molecule has 17 heavy (non-hydrogen) atoms. The Hall–Kier alpha value is -0.870. The Morgan fingerprint density at radius 2 is 2.24 bits per heavy atom. The number of unbranched alkanes of at least 4 members (excludes halogenated alkanes) is 1. The molecule has 1 saturated carbocycles. The van der Waals surface area contributed by atoms with Crippen molar-refractivity contribution in [2.45, 2.75) is 38.3 Å². The average Bonchev–Trinajstić information content (AvgIpc) is 3.03. The molecule has 0 aromatic carbocycles. The Labute approximate surface area is 104 Å². The van der Waals surface area contributed by atoms with Crippen LogP contribution < -0.4 is 5.32 Å². The summed E-state index contributed by atoms with van der Waals surface area (Å²) in [6.07, 6.45) is 9.13. The summed E-state index contributed by atoms with van der Waals surface area (Å²) in [4.78, 5) is 6.48. The molecule has 1 N–H and O–H groups in total. The summed E-state index contributed by atoms with van der Waals surface area (Å²) in [5.41, 5.74) is 1.33. The normalized spacial score (nSPS) is 15.7. The molecule has 0 amide bonds. The monoisotopic (exact) mass is 236 g/mol. The second kappa shape index (κ2) is 6.17. The number of rotatable bonds is 8. The fourth-order valence-corrected chi connectivity index (χ4v) is 2.04. The third-order valence-electron chi connectivity index (χ3n) is 3.20. The third-order valence-corrected chi connectivity index (χ3v) is 3.20. The number of hydrogen-bond acceptors (Lipinski definition) is 3. The lowest BCUT2D eigenvalue weighted by Crippen LogP contribution is -2.19. The fraction of sp³-hybridized carbons (Fsp3) is 0.769. The summed E-state index contributed by atoms with van der Waals surface area (Å²) < 4.78 is 2.33. The molecule has 1 aromatic heterocycles. The van der Waals surface area contributed by atoms with Gasteiger partial charge in [-0.15, -0.1) is 0 Å². The van der Waals surface area contributed by atoms with E-state index in [0.717, 1.165) is 19.1 Å². The van der Waals surface area contributed by atoms with Crippen LogP contribution in [0.5, 0.6) is 0 Å². The Bertz CT molecular complexity index is 328. The van der Waals surface area contributed by atoms with Gasteiger partial charge in [0, 0.05) is 18.8 Å². The van der Waals surface area contributed by atoms with Crippen LogP contribution in [0.3, 0.4) is 0 Å². The second-order valence-corrected chi connectivity index (χ2v) is 5.21. The first-order valence-electron chi connectivity index (χ1n) is 6.63. The van der Waals surface area contributed by atoms with Crippen LogP contribution in [0, 0.1) is 0 Å². The molecule has 0 aliphatic heterocycles. The van der Waals surface area contributed by atoms with Gasteiger partial charge in [0.1, 0.15) is 0 Å². The third kappa shape index (κ3) is 4.13. The highest BCUT2D eigenvalue weighted by Crippen LogP contribution is 2.35. The van der Waals surface area contributed by atoms with Crippen LogP contribution in [0.4, 0.5) is 0 Å². The zero-order valence-electron chi connectivity index (χ0n) is 11.0. The second-order valence-electron chi connectivity index (χ2n) is 5.21. The van der Waals surface area contributed by atoms with Gasteiger partial charge in [-0.05, 0) is 52.9 Å². The predicted molar refractivity (Wildman–Crippen MR) is 70.0 cm³/mol. The van der Waals surface area contributed by atoms with E-state index < -0.39 is 0 Å². The zero-order valence-corrected chi connectivity index (χ0v) is 11.0. The number of nitrogens with zero attached hydrogens (tertiary/aromatic N) is 3. The topological polar surface area (TPSA) is 33.1 Å². The number of nitrogens with one attached hydrogen (secondary N) is 1. The van der Waals surface area contributed by atoms with Crippen molar-refractivity contribution in [3.63, 3.8) is 0 Å². The van der Waals surface area contributed by atoms with Gasteiger partial charge < -0.3 is 14.8 Å². The maximum atomic E-state index is 4.24. The molecular formula is C13H24N4. The molecule has 4 heteroatoms. The Morgan fingerprint density at radius 1 is 1.41 bits per heavy atom. The molecule has 2 rings (SSSR count). The van der Waals surface area contributed by atoms with Gasteiger partial charge in [-0.2, -0.15) is 0 Å². The molecule has 0 saturated heterocycles. The van der Waals surface area contributed by atoms with E-state index in [4.69, 9.17) is 0 Å². The molecule has 0 unspecified atom stereocenters. The molecular weight excluding hydrogens is 212 g/mol. The van der Waals surface area contributed by atoms with E-state index in [0.29, 0.717) is 0 Å². The van der Waals surface area contributed by atoms with Gasteiger partial charge >= 0.3 is 0 Å². The SMILES string of the molecule is CN(C)CCCCNCc1cncn1C1CC1. The van der Waals surface area contributed by atoms with Crippen LogP contribution in [0.25, 0.3) is 0 Å². The Morgan fingerprint density at radius 3 is 2.94 bits per heavy atom. The minimum absolute atomic E-state index is 0.739. The molecule has 0 spiro atoms. The summed E-state index contributed by atoms with van der Waals surface area (Å²) in [6.45, 7) is 3.24. The molecule has 0 atom stereocenters. The number of hydrogen-bond donors (Lipinski definition) is 1. The fourth-order valence-electron chi connectivity index (χ4n) is 2.04. The summed E-state index contributed by atoms with van der Waals surface area (Å²) in [5, 5.41) is 3.51. The van der Waals surface area contributed by atoms with Crippen LogP contribution in [0.2, 0.25) is 0 Å². The first-order chi connectivity index (χ1) is 8.27. The largest absolute Gasteiger partial charge is 0.330 e. The molecule has 0 bridgehead atoms. The van der Waals surface area contributed by atoms with Gasteiger partial charge in [0.15, 0.2) is 0 Å². The number of imidazole rings is 1. The summed E-state index contributed by atoms with van der Waals surface area (Å²) in [6, 6.07) is 0.739. The number of aromatic nitrogens is 2. The molecule has 96 valence electrons. The molecule has 1 heterocycles. The Balaban J connectivity index is 1.59. The standard InChI is InChI=1S/C13H24N4/c1-16(2)8-4-3-7-14-9-13-10-15-11-17(13)12-5-6-12/h10-12,14H,3-9H2,1-2H3. The van der Waals surface area contributed by atoms with Crippen LogP contribution >= 0.6 is 0 Å². The highest BCUT2D eigenvalue weighted by Gasteiger charge is 2.24. The lowest BCUT2D eigenvalue weighted by atomic mass is 10.3. The molecule has 1 aliphatic rings. The van der Waals surface area contributed by atoms with Gasteiger partial charge in [0.05, 0.1) is 12.0 Å². The summed E-state index contributed by atoms with van der Waals surface area (Å²) in [7, 11) is 4.25. The van der Waals surface area contributed by atoms with E-state index >= 15 is 0 Å². The van der Waals surface area contributed by atoms with Crippen molar-refractivity contribution in [3.05, 3.63) is 18.2 Å². The maximum Gasteiger partial charge on any atom is 0.0951 e. The van der Waals surface area contributed by atoms with E-state index in [-0.39, 0.29) is 0 Å². The lowest BCUT2D eigenvalue weighted by molar-refractivity contribution is 0.391. The quantitative estimate of drug-likeness (QED) is 0.697. The van der Waals surface area contributed by atoms with Crippen LogP contribution in [-0.4, -0.2) is 41.6 Å². The minimum Gasteiger partial charge on any atom is -0.330 e. The van der Waals surface area contributed by atoms with Crippen LogP contribution in [0.15, 0.2) is 12.5 Å². The van der Waals surface area contributed by atoms with Crippen molar-refractivity contribution >= 4 is 0 Å². The van der Waals surface area contributed by atoms with Crippen molar-refractivity contribution in [1.82, 2.24) is 19.8 Å². The molecule has 4 nitrogen and oxygen atoms in total. The lowest BCUT2D eigenvalue weighted by Gasteiger charge is -2.10. The van der Waals surface area contributed by atoms with Crippen molar-refractivity contribution in [1.29, 1.82) is 0 Å². The average molecular weight is 236 g/mol. The van der Waals surface area contributed by atoms with Gasteiger partial charge in [-0.1, -0.05) is 0 Å². The van der Waals surface area contributed by atoms with Gasteiger partial charge in [0.25, 0.3) is 0 Å². The van der Waals surface area contributed by atoms with Gasteiger partial charge in [-0.3, -0.25) is 0 Å². The molecule has 1 fully saturated rings. The highest BCUT2D eigenvalue weighted by atomic mass is 15.1. The summed E-state index contributed by atoms with van der Waals surface area (Å²) in [5.74, 6) is 0. The van der Waals surface area contributed by atoms with Crippen LogP contribution in [0.1, 0.15) is 37.4 Å². The van der Waals surface area contributed by atoms with E-state index in [1.165, 1.54) is 37.9 Å². The van der Waals surface area contributed by atoms with E-state index in [2.05, 4.69) is 33.9 Å². The minimum atomic E-state index is 0.739. The van der Waals surface area contributed by atoms with E-state index in [1.54, 1.807) is 0 Å². The summed E-state index contributed by atoms with van der Waals surface area (Å²) >= 11 is 0. The zero-order chi connectivity index (χ0) is 12.1. The van der Waals surface area contributed by atoms with Crippen LogP contribution in [-0.2, 0) is 6.54 Å².